The molecule has 0 spiro atoms. The van der Waals surface area contributed by atoms with Gasteiger partial charge < -0.3 is 0 Å². The number of nitrogens with zero attached hydrogens (tertiary/aromatic N) is 3. The van der Waals surface area contributed by atoms with Crippen LogP contribution in [0.2, 0.25) is 0 Å². The Kier molecular flexibility index (Phi) is 2.19. The molecule has 2 aliphatic rings. The van der Waals surface area contributed by atoms with E-state index in [0.717, 1.165) is 15.3 Å². The molecule has 7 heteroatoms. The van der Waals surface area contributed by atoms with E-state index in [1.807, 2.05) is 6.92 Å². The van der Waals surface area contributed by atoms with Crippen LogP contribution in [0.4, 0.5) is 0 Å². The first-order valence-electron chi connectivity index (χ1n) is 3.27. The minimum atomic E-state index is 0.0723. The zero-order valence-electron chi connectivity index (χ0n) is 6.64. The number of hydrogen-bond acceptors (Lipinski definition) is 6. The first kappa shape index (κ1) is 8.61. The summed E-state index contributed by atoms with van der Waals surface area (Å²) in [6, 6.07) is 0. The van der Waals surface area contributed by atoms with Crippen LogP contribution in [0.25, 0.3) is 0 Å². The Balaban J connectivity index is 2.20. The molecule has 66 valence electrons. The Morgan fingerprint density at radius 3 is 2.75 bits per heavy atom. The molecule has 0 amide bonds. The topological polar surface area (TPSA) is 54.0 Å². The number of hydrazine groups is 1. The Bertz CT molecular complexity index is 317. The second-order valence-corrected chi connectivity index (χ2v) is 8.08. The van der Waals surface area contributed by atoms with Gasteiger partial charge in [0.1, 0.15) is 0 Å². The molecule has 12 heavy (non-hydrogen) atoms. The van der Waals surface area contributed by atoms with Gasteiger partial charge in [-0.25, -0.2) is 10.8 Å². The zero-order valence-corrected chi connectivity index (χ0v) is 9.09. The normalized spacial score (nSPS) is 26.9. The van der Waals surface area contributed by atoms with E-state index in [4.69, 9.17) is 5.84 Å². The standard InChI is InChI=1S/C5H8N4S3/c1-3-7-4-8-5(9(2)6)11-12(4)10-3/h6H2,1-2H3. The Labute approximate surface area is 80.4 Å². The van der Waals surface area contributed by atoms with Crippen molar-refractivity contribution in [1.82, 2.24) is 5.01 Å². The van der Waals surface area contributed by atoms with Gasteiger partial charge in [0.25, 0.3) is 0 Å². The van der Waals surface area contributed by atoms with E-state index in [2.05, 4.69) is 9.98 Å². The quantitative estimate of drug-likeness (QED) is 0.289. The van der Waals surface area contributed by atoms with Crippen LogP contribution in [0.1, 0.15) is 6.92 Å². The smallest absolute Gasteiger partial charge is 0.202 e. The highest BCUT2D eigenvalue weighted by atomic mass is 33.5. The molecule has 0 aliphatic carbocycles. The van der Waals surface area contributed by atoms with E-state index in [0.29, 0.717) is 0 Å². The third kappa shape index (κ3) is 1.41. The van der Waals surface area contributed by atoms with Crippen LogP contribution in [0.15, 0.2) is 9.98 Å². The Morgan fingerprint density at radius 1 is 1.42 bits per heavy atom. The van der Waals surface area contributed by atoms with Gasteiger partial charge in [-0.2, -0.15) is 4.99 Å². The fourth-order valence-electron chi connectivity index (χ4n) is 0.760. The van der Waals surface area contributed by atoms with Gasteiger partial charge in [-0.1, -0.05) is 0 Å². The highest BCUT2D eigenvalue weighted by Gasteiger charge is 2.25. The van der Waals surface area contributed by atoms with E-state index < -0.39 is 0 Å². The molecule has 2 rings (SSSR count). The first-order chi connectivity index (χ1) is 5.66. The van der Waals surface area contributed by atoms with Gasteiger partial charge in [-0.3, -0.25) is 5.01 Å². The van der Waals surface area contributed by atoms with Crippen molar-refractivity contribution >= 4 is 45.5 Å². The first-order valence-corrected chi connectivity index (χ1v) is 7.16. The van der Waals surface area contributed by atoms with Gasteiger partial charge in [-0.05, 0) is 37.1 Å². The molecule has 2 aliphatic heterocycles. The van der Waals surface area contributed by atoms with E-state index >= 15 is 0 Å². The van der Waals surface area contributed by atoms with Gasteiger partial charge >= 0.3 is 0 Å². The molecule has 1 unspecified atom stereocenters. The van der Waals surface area contributed by atoms with E-state index in [1.165, 1.54) is 5.01 Å². The van der Waals surface area contributed by atoms with Crippen LogP contribution in [-0.4, -0.2) is 27.4 Å². The monoisotopic (exact) mass is 220 g/mol. The van der Waals surface area contributed by atoms with Crippen molar-refractivity contribution in [2.24, 2.45) is 15.8 Å². The molecule has 0 aromatic heterocycles. The van der Waals surface area contributed by atoms with Gasteiger partial charge in [0.2, 0.25) is 5.11 Å². The Hall–Kier alpha value is 0.0200. The third-order valence-corrected chi connectivity index (χ3v) is 7.08. The molecular weight excluding hydrogens is 212 g/mol. The van der Waals surface area contributed by atoms with Crippen molar-refractivity contribution in [1.29, 1.82) is 0 Å². The van der Waals surface area contributed by atoms with Gasteiger partial charge in [0.15, 0.2) is 5.17 Å². The lowest BCUT2D eigenvalue weighted by molar-refractivity contribution is 0.551. The van der Waals surface area contributed by atoms with Gasteiger partial charge in [0, 0.05) is 7.05 Å². The van der Waals surface area contributed by atoms with Crippen molar-refractivity contribution in [3.8, 4) is 0 Å². The SMILES string of the molecule is CC1=NC2=S(S1)SC(N(C)N)=N2. The molecule has 0 saturated carbocycles. The second-order valence-electron chi connectivity index (χ2n) is 2.32. The number of hydrogen-bond donors (Lipinski definition) is 1. The summed E-state index contributed by atoms with van der Waals surface area (Å²) in [6.45, 7) is 2.00. The van der Waals surface area contributed by atoms with Crippen molar-refractivity contribution < 1.29 is 0 Å². The Morgan fingerprint density at radius 2 is 2.17 bits per heavy atom. The summed E-state index contributed by atoms with van der Waals surface area (Å²) < 4.78 is 0. The van der Waals surface area contributed by atoms with E-state index in [1.54, 1.807) is 28.6 Å². The lowest BCUT2D eigenvalue weighted by atomic mass is 10.8. The van der Waals surface area contributed by atoms with Crippen LogP contribution in [0.5, 0.6) is 0 Å². The van der Waals surface area contributed by atoms with E-state index in [-0.39, 0.29) is 8.55 Å². The minimum absolute atomic E-state index is 0.0723. The molecule has 0 fully saturated rings. The maximum atomic E-state index is 5.55. The largest absolute Gasteiger partial charge is 0.292 e. The molecule has 2 heterocycles. The average Bonchev–Trinajstić information content (AvgIpc) is 2.42. The predicted molar refractivity (Wildman–Crippen MR) is 60.3 cm³/mol. The molecule has 4 nitrogen and oxygen atoms in total. The molecule has 2 N–H and O–H groups in total. The summed E-state index contributed by atoms with van der Waals surface area (Å²) in [5.41, 5.74) is 0. The summed E-state index contributed by atoms with van der Waals surface area (Å²) in [7, 11) is 5.31. The predicted octanol–water partition coefficient (Wildman–Crippen LogP) is 1.25. The molecule has 0 aromatic rings. The molecule has 1 atom stereocenters. The van der Waals surface area contributed by atoms with Crippen molar-refractivity contribution in [2.45, 2.75) is 6.92 Å². The van der Waals surface area contributed by atoms with E-state index in [9.17, 15) is 0 Å². The summed E-state index contributed by atoms with van der Waals surface area (Å²) in [4.78, 5) is 8.60. The molecule has 0 bridgehead atoms. The molecule has 0 saturated heterocycles. The fraction of sp³-hybridized carbons (Fsp3) is 0.400. The zero-order chi connectivity index (χ0) is 8.72. The number of nitrogens with two attached hydrogens (primary N) is 1. The van der Waals surface area contributed by atoms with Crippen LogP contribution >= 0.6 is 30.1 Å². The van der Waals surface area contributed by atoms with Crippen LogP contribution in [0.3, 0.4) is 0 Å². The summed E-state index contributed by atoms with van der Waals surface area (Å²) in [6.07, 6.45) is 0. The summed E-state index contributed by atoms with van der Waals surface area (Å²) in [5.74, 6) is 5.55. The van der Waals surface area contributed by atoms with Gasteiger partial charge in [0.05, 0.1) is 5.04 Å². The highest BCUT2D eigenvalue weighted by molar-refractivity contribution is 9.21. The van der Waals surface area contributed by atoms with Crippen molar-refractivity contribution in [2.75, 3.05) is 7.05 Å². The molecule has 0 aromatic carbocycles. The summed E-state index contributed by atoms with van der Waals surface area (Å²) >= 11 is 0. The summed E-state index contributed by atoms with van der Waals surface area (Å²) in [5, 5.41) is 4.42. The van der Waals surface area contributed by atoms with Crippen LogP contribution < -0.4 is 5.84 Å². The maximum absolute atomic E-state index is 5.55. The lowest BCUT2D eigenvalue weighted by Crippen LogP contribution is -2.30. The molecule has 0 radical (unpaired) electrons. The lowest BCUT2D eigenvalue weighted by Gasteiger charge is -2.09. The third-order valence-electron chi connectivity index (χ3n) is 1.24. The number of rotatable bonds is 0. The average molecular weight is 220 g/mol. The number of aliphatic imine (C=N–C) groups is 2. The van der Waals surface area contributed by atoms with Crippen LogP contribution in [0, 0.1) is 0 Å². The number of amidine groups is 1. The van der Waals surface area contributed by atoms with Crippen molar-refractivity contribution in [3.05, 3.63) is 0 Å². The van der Waals surface area contributed by atoms with Crippen LogP contribution in [-0.2, 0) is 0 Å². The second kappa shape index (κ2) is 3.06. The highest BCUT2D eigenvalue weighted by Crippen LogP contribution is 2.53. The van der Waals surface area contributed by atoms with Crippen molar-refractivity contribution in [3.63, 3.8) is 0 Å². The minimum Gasteiger partial charge on any atom is -0.292 e. The molecular formula is C5H8N4S3. The fourth-order valence-corrected chi connectivity index (χ4v) is 6.53. The van der Waals surface area contributed by atoms with Gasteiger partial charge in [-0.15, -0.1) is 0 Å². The maximum Gasteiger partial charge on any atom is 0.202 e.